The van der Waals surface area contributed by atoms with Crippen molar-refractivity contribution in [3.05, 3.63) is 59.7 Å². The van der Waals surface area contributed by atoms with E-state index >= 15 is 0 Å². The largest absolute Gasteiger partial charge is 0.480 e. The second kappa shape index (κ2) is 5.61. The quantitative estimate of drug-likeness (QED) is 0.663. The predicted octanol–water partition coefficient (Wildman–Crippen LogP) is 1.75. The Hall–Kier alpha value is -2.66. The number of hydrogen-bond donors (Lipinski definition) is 2. The average Bonchev–Trinajstić information content (AvgIpc) is 2.86. The minimum Gasteiger partial charge on any atom is -0.480 e. The lowest BCUT2D eigenvalue weighted by atomic mass is 9.98. The van der Waals surface area contributed by atoms with Crippen LogP contribution in [-0.4, -0.2) is 29.7 Å². The molecule has 5 nitrogen and oxygen atoms in total. The third-order valence-electron chi connectivity index (χ3n) is 3.87. The molecule has 1 atom stereocenters. The summed E-state index contributed by atoms with van der Waals surface area (Å²) in [5.41, 5.74) is 9.62. The Morgan fingerprint density at radius 1 is 1.05 bits per heavy atom. The maximum absolute atomic E-state index is 11.6. The fourth-order valence-electron chi connectivity index (χ4n) is 2.80. The van der Waals surface area contributed by atoms with E-state index in [4.69, 9.17) is 15.6 Å². The van der Waals surface area contributed by atoms with Crippen LogP contribution in [0.4, 0.5) is 0 Å². The Kier molecular flexibility index (Phi) is 3.65. The Balaban J connectivity index is 1.85. The molecule has 5 heteroatoms. The number of esters is 1. The zero-order valence-electron chi connectivity index (χ0n) is 11.7. The highest BCUT2D eigenvalue weighted by atomic mass is 16.5. The predicted molar refractivity (Wildman–Crippen MR) is 80.3 cm³/mol. The van der Waals surface area contributed by atoms with Crippen molar-refractivity contribution in [2.45, 2.75) is 12.0 Å². The number of benzene rings is 2. The normalized spacial score (nSPS) is 14.0. The van der Waals surface area contributed by atoms with Crippen molar-refractivity contribution in [2.75, 3.05) is 6.61 Å². The van der Waals surface area contributed by atoms with Gasteiger partial charge in [-0.3, -0.25) is 0 Å². The number of carboxylic acid groups (broad SMARTS) is 1. The lowest BCUT2D eigenvalue weighted by Crippen LogP contribution is -2.40. The van der Waals surface area contributed by atoms with Crippen LogP contribution in [0, 0.1) is 0 Å². The van der Waals surface area contributed by atoms with Crippen LogP contribution < -0.4 is 5.73 Å². The zero-order valence-corrected chi connectivity index (χ0v) is 11.7. The molecule has 0 bridgehead atoms. The summed E-state index contributed by atoms with van der Waals surface area (Å²) in [7, 11) is 0. The van der Waals surface area contributed by atoms with Crippen molar-refractivity contribution in [3.63, 3.8) is 0 Å². The van der Waals surface area contributed by atoms with Gasteiger partial charge in [0.25, 0.3) is 0 Å². The highest BCUT2D eigenvalue weighted by Gasteiger charge is 2.30. The minimum absolute atomic E-state index is 0.0772. The van der Waals surface area contributed by atoms with E-state index in [-0.39, 0.29) is 12.5 Å². The molecule has 0 heterocycles. The van der Waals surface area contributed by atoms with Gasteiger partial charge in [-0.05, 0) is 22.3 Å². The molecule has 0 aliphatic heterocycles. The molecule has 0 saturated heterocycles. The molecular weight excluding hydrogens is 282 g/mol. The fraction of sp³-hybridized carbons (Fsp3) is 0.176. The minimum atomic E-state index is -1.65. The van der Waals surface area contributed by atoms with Gasteiger partial charge >= 0.3 is 11.9 Å². The third-order valence-corrected chi connectivity index (χ3v) is 3.87. The number of ether oxygens (including phenoxy) is 1. The smallest absolute Gasteiger partial charge is 0.334 e. The molecule has 0 aromatic heterocycles. The van der Waals surface area contributed by atoms with Crippen LogP contribution in [0.5, 0.6) is 0 Å². The van der Waals surface area contributed by atoms with Crippen molar-refractivity contribution >= 4 is 11.9 Å². The van der Waals surface area contributed by atoms with Crippen LogP contribution in [0.3, 0.4) is 0 Å². The molecule has 2 aromatic carbocycles. The molecule has 22 heavy (non-hydrogen) atoms. The van der Waals surface area contributed by atoms with Crippen molar-refractivity contribution in [3.8, 4) is 11.1 Å². The lowest BCUT2D eigenvalue weighted by Gasteiger charge is -2.15. The van der Waals surface area contributed by atoms with E-state index in [0.29, 0.717) is 0 Å². The summed E-state index contributed by atoms with van der Waals surface area (Å²) < 4.78 is 5.12. The van der Waals surface area contributed by atoms with Crippen LogP contribution in [0.1, 0.15) is 17.0 Å². The number of rotatable bonds is 4. The Labute approximate surface area is 127 Å². The van der Waals surface area contributed by atoms with Gasteiger partial charge < -0.3 is 15.6 Å². The molecule has 0 unspecified atom stereocenters. The molecule has 3 rings (SSSR count). The van der Waals surface area contributed by atoms with Crippen LogP contribution in [-0.2, 0) is 14.3 Å². The SMILES string of the molecule is N[C@H](C(=O)O)C(=O)OCC1c2ccccc2-c2ccccc21. The Morgan fingerprint density at radius 3 is 2.05 bits per heavy atom. The summed E-state index contributed by atoms with van der Waals surface area (Å²) in [6.07, 6.45) is 0. The van der Waals surface area contributed by atoms with Gasteiger partial charge in [0.05, 0.1) is 0 Å². The van der Waals surface area contributed by atoms with Crippen molar-refractivity contribution in [1.29, 1.82) is 0 Å². The van der Waals surface area contributed by atoms with E-state index < -0.39 is 18.0 Å². The molecule has 1 aliphatic rings. The molecular formula is C17H15NO4. The first-order valence-electron chi connectivity index (χ1n) is 6.93. The van der Waals surface area contributed by atoms with Crippen molar-refractivity contribution in [2.24, 2.45) is 5.73 Å². The number of carbonyl (C=O) groups excluding carboxylic acids is 1. The second-order valence-corrected chi connectivity index (χ2v) is 5.17. The molecule has 0 amide bonds. The summed E-state index contributed by atoms with van der Waals surface area (Å²) in [6.45, 7) is 0.0772. The number of carbonyl (C=O) groups is 2. The van der Waals surface area contributed by atoms with E-state index in [9.17, 15) is 9.59 Å². The van der Waals surface area contributed by atoms with Crippen LogP contribution in [0.2, 0.25) is 0 Å². The first-order chi connectivity index (χ1) is 10.6. The van der Waals surface area contributed by atoms with Gasteiger partial charge in [0, 0.05) is 5.92 Å². The zero-order chi connectivity index (χ0) is 15.7. The Bertz CT molecular complexity index is 695. The monoisotopic (exact) mass is 297 g/mol. The maximum atomic E-state index is 11.6. The van der Waals surface area contributed by atoms with Crippen LogP contribution >= 0.6 is 0 Å². The van der Waals surface area contributed by atoms with Crippen LogP contribution in [0.15, 0.2) is 48.5 Å². The van der Waals surface area contributed by atoms with Gasteiger partial charge in [0.15, 0.2) is 0 Å². The molecule has 0 spiro atoms. The first kappa shape index (κ1) is 14.3. The van der Waals surface area contributed by atoms with Gasteiger partial charge in [-0.2, -0.15) is 0 Å². The molecule has 0 saturated carbocycles. The van der Waals surface area contributed by atoms with Crippen molar-refractivity contribution < 1.29 is 19.4 Å². The third kappa shape index (κ3) is 2.35. The fourth-order valence-corrected chi connectivity index (χ4v) is 2.80. The summed E-state index contributed by atoms with van der Waals surface area (Å²) in [5, 5.41) is 8.73. The van der Waals surface area contributed by atoms with Gasteiger partial charge in [0.1, 0.15) is 6.61 Å². The second-order valence-electron chi connectivity index (χ2n) is 5.17. The molecule has 2 aromatic rings. The van der Waals surface area contributed by atoms with Gasteiger partial charge in [-0.25, -0.2) is 9.59 Å². The molecule has 0 radical (unpaired) electrons. The Morgan fingerprint density at radius 2 is 1.55 bits per heavy atom. The highest BCUT2D eigenvalue weighted by molar-refractivity contribution is 5.98. The molecule has 0 fully saturated rings. The van der Waals surface area contributed by atoms with E-state index in [1.54, 1.807) is 0 Å². The van der Waals surface area contributed by atoms with Crippen molar-refractivity contribution in [1.82, 2.24) is 0 Å². The molecule has 112 valence electrons. The van der Waals surface area contributed by atoms with Gasteiger partial charge in [0.2, 0.25) is 6.04 Å². The van der Waals surface area contributed by atoms with E-state index in [0.717, 1.165) is 22.3 Å². The lowest BCUT2D eigenvalue weighted by molar-refractivity contribution is -0.153. The molecule has 3 N–H and O–H groups in total. The highest BCUT2D eigenvalue weighted by Crippen LogP contribution is 2.44. The van der Waals surface area contributed by atoms with Crippen LogP contribution in [0.25, 0.3) is 11.1 Å². The summed E-state index contributed by atoms with van der Waals surface area (Å²) in [4.78, 5) is 22.3. The summed E-state index contributed by atoms with van der Waals surface area (Å²) >= 11 is 0. The van der Waals surface area contributed by atoms with E-state index in [1.807, 2.05) is 48.5 Å². The summed E-state index contributed by atoms with van der Waals surface area (Å²) in [6, 6.07) is 14.2. The number of nitrogens with two attached hydrogens (primary N) is 1. The van der Waals surface area contributed by atoms with E-state index in [2.05, 4.69) is 0 Å². The van der Waals surface area contributed by atoms with Gasteiger partial charge in [-0.1, -0.05) is 48.5 Å². The summed E-state index contributed by atoms with van der Waals surface area (Å²) in [5.74, 6) is -2.41. The standard InChI is InChI=1S/C17H15NO4/c18-15(16(19)20)17(21)22-9-14-12-7-3-1-5-10(12)11-6-2-4-8-13(11)14/h1-8,14-15H,9,18H2,(H,19,20)/t15-/m1/s1. The molecule has 1 aliphatic carbocycles. The topological polar surface area (TPSA) is 89.6 Å². The van der Waals surface area contributed by atoms with E-state index in [1.165, 1.54) is 0 Å². The first-order valence-corrected chi connectivity index (χ1v) is 6.93. The number of carboxylic acids is 1. The number of fused-ring (bicyclic) bond motifs is 3. The average molecular weight is 297 g/mol. The number of aliphatic carboxylic acids is 1. The van der Waals surface area contributed by atoms with Gasteiger partial charge in [-0.15, -0.1) is 0 Å². The maximum Gasteiger partial charge on any atom is 0.334 e. The number of hydrogen-bond acceptors (Lipinski definition) is 4.